The number of aliphatic hydroxyl groups excluding tert-OH is 1. The van der Waals surface area contributed by atoms with Gasteiger partial charge in [0.15, 0.2) is 0 Å². The summed E-state index contributed by atoms with van der Waals surface area (Å²) < 4.78 is 5.31. The van der Waals surface area contributed by atoms with Crippen LogP contribution in [0.1, 0.15) is 51.4 Å². The molecular formula is C15H27NO3. The molecule has 2 aliphatic rings. The summed E-state index contributed by atoms with van der Waals surface area (Å²) in [6.07, 6.45) is 8.07. The maximum atomic E-state index is 12.0. The molecule has 1 aliphatic carbocycles. The first kappa shape index (κ1) is 14.8. The van der Waals surface area contributed by atoms with Gasteiger partial charge in [0.1, 0.15) is 0 Å². The molecule has 4 nitrogen and oxygen atoms in total. The monoisotopic (exact) mass is 269 g/mol. The molecule has 0 atom stereocenters. The van der Waals surface area contributed by atoms with Crippen LogP contribution in [0.5, 0.6) is 0 Å². The van der Waals surface area contributed by atoms with Crippen LogP contribution in [0.2, 0.25) is 0 Å². The number of carbonyl (C=O) groups excluding carboxylic acids is 1. The third kappa shape index (κ3) is 5.11. The van der Waals surface area contributed by atoms with E-state index >= 15 is 0 Å². The molecular weight excluding hydrogens is 242 g/mol. The summed E-state index contributed by atoms with van der Waals surface area (Å²) >= 11 is 0. The molecule has 1 saturated heterocycles. The van der Waals surface area contributed by atoms with E-state index in [-0.39, 0.29) is 5.91 Å². The quantitative estimate of drug-likeness (QED) is 0.801. The Balaban J connectivity index is 1.63. The van der Waals surface area contributed by atoms with Gasteiger partial charge in [-0.25, -0.2) is 0 Å². The highest BCUT2D eigenvalue weighted by Crippen LogP contribution is 2.27. The first-order valence-electron chi connectivity index (χ1n) is 7.76. The highest BCUT2D eigenvalue weighted by molar-refractivity contribution is 5.76. The number of carbonyl (C=O) groups is 1. The number of amides is 1. The van der Waals surface area contributed by atoms with E-state index < -0.39 is 0 Å². The van der Waals surface area contributed by atoms with Crippen LogP contribution in [0.25, 0.3) is 0 Å². The zero-order chi connectivity index (χ0) is 13.5. The SMILES string of the molecule is O=C(CC1CCOCC1)NC1CCC(CCO)CC1. The molecule has 0 bridgehead atoms. The maximum absolute atomic E-state index is 12.0. The Morgan fingerprint density at radius 3 is 2.37 bits per heavy atom. The number of nitrogens with one attached hydrogen (secondary N) is 1. The van der Waals surface area contributed by atoms with Crippen molar-refractivity contribution in [3.05, 3.63) is 0 Å². The highest BCUT2D eigenvalue weighted by Gasteiger charge is 2.23. The fraction of sp³-hybridized carbons (Fsp3) is 0.933. The van der Waals surface area contributed by atoms with E-state index in [1.807, 2.05) is 0 Å². The fourth-order valence-corrected chi connectivity index (χ4v) is 3.28. The normalized spacial score (nSPS) is 29.1. The molecule has 2 N–H and O–H groups in total. The summed E-state index contributed by atoms with van der Waals surface area (Å²) in [4.78, 5) is 12.0. The van der Waals surface area contributed by atoms with Crippen molar-refractivity contribution in [3.8, 4) is 0 Å². The number of hydrogen-bond donors (Lipinski definition) is 2. The van der Waals surface area contributed by atoms with Crippen molar-refractivity contribution in [3.63, 3.8) is 0 Å². The first-order chi connectivity index (χ1) is 9.28. The smallest absolute Gasteiger partial charge is 0.220 e. The van der Waals surface area contributed by atoms with E-state index in [2.05, 4.69) is 5.32 Å². The van der Waals surface area contributed by atoms with Crippen LogP contribution in [-0.2, 0) is 9.53 Å². The van der Waals surface area contributed by atoms with E-state index in [4.69, 9.17) is 9.84 Å². The molecule has 110 valence electrons. The number of ether oxygens (including phenoxy) is 1. The van der Waals surface area contributed by atoms with Gasteiger partial charge in [-0.2, -0.15) is 0 Å². The van der Waals surface area contributed by atoms with Crippen LogP contribution in [0, 0.1) is 11.8 Å². The van der Waals surface area contributed by atoms with Gasteiger partial charge in [0.2, 0.25) is 5.91 Å². The van der Waals surface area contributed by atoms with Gasteiger partial charge < -0.3 is 15.2 Å². The lowest BCUT2D eigenvalue weighted by Crippen LogP contribution is -2.38. The number of rotatable bonds is 5. The largest absolute Gasteiger partial charge is 0.396 e. The van der Waals surface area contributed by atoms with Gasteiger partial charge in [0.05, 0.1) is 0 Å². The molecule has 2 fully saturated rings. The van der Waals surface area contributed by atoms with Gasteiger partial charge in [-0.3, -0.25) is 4.79 Å². The molecule has 19 heavy (non-hydrogen) atoms. The van der Waals surface area contributed by atoms with Gasteiger partial charge in [-0.15, -0.1) is 0 Å². The predicted octanol–water partition coefficient (Wildman–Crippen LogP) is 1.86. The van der Waals surface area contributed by atoms with Crippen molar-refractivity contribution in [2.24, 2.45) is 11.8 Å². The van der Waals surface area contributed by atoms with Crippen molar-refractivity contribution in [1.82, 2.24) is 5.32 Å². The molecule has 0 aromatic heterocycles. The van der Waals surface area contributed by atoms with Crippen LogP contribution in [0.3, 0.4) is 0 Å². The molecule has 0 aromatic rings. The maximum Gasteiger partial charge on any atom is 0.220 e. The second-order valence-corrected chi connectivity index (χ2v) is 6.06. The van der Waals surface area contributed by atoms with Crippen molar-refractivity contribution in [2.75, 3.05) is 19.8 Å². The zero-order valence-electron chi connectivity index (χ0n) is 11.8. The Bertz CT molecular complexity index is 269. The topological polar surface area (TPSA) is 58.6 Å². The van der Waals surface area contributed by atoms with E-state index in [0.717, 1.165) is 58.2 Å². The van der Waals surface area contributed by atoms with Crippen molar-refractivity contribution < 1.29 is 14.6 Å². The summed E-state index contributed by atoms with van der Waals surface area (Å²) in [5.74, 6) is 1.39. The molecule has 1 amide bonds. The molecule has 1 saturated carbocycles. The van der Waals surface area contributed by atoms with Gasteiger partial charge >= 0.3 is 0 Å². The van der Waals surface area contributed by atoms with Crippen LogP contribution in [0.15, 0.2) is 0 Å². The van der Waals surface area contributed by atoms with Crippen molar-refractivity contribution in [2.45, 2.75) is 57.4 Å². The first-order valence-corrected chi connectivity index (χ1v) is 7.76. The molecule has 0 radical (unpaired) electrons. The zero-order valence-corrected chi connectivity index (χ0v) is 11.8. The minimum atomic E-state index is 0.220. The van der Waals surface area contributed by atoms with Crippen LogP contribution in [-0.4, -0.2) is 36.9 Å². The molecule has 1 aliphatic heterocycles. The van der Waals surface area contributed by atoms with Gasteiger partial charge in [-0.05, 0) is 56.8 Å². The van der Waals surface area contributed by atoms with E-state index in [1.165, 1.54) is 0 Å². The van der Waals surface area contributed by atoms with E-state index in [9.17, 15) is 4.79 Å². The van der Waals surface area contributed by atoms with Crippen molar-refractivity contribution in [1.29, 1.82) is 0 Å². The number of hydrogen-bond acceptors (Lipinski definition) is 3. The Morgan fingerprint density at radius 2 is 1.74 bits per heavy atom. The lowest BCUT2D eigenvalue weighted by Gasteiger charge is -2.29. The Hall–Kier alpha value is -0.610. The molecule has 0 unspecified atom stereocenters. The van der Waals surface area contributed by atoms with Gasteiger partial charge in [0.25, 0.3) is 0 Å². The predicted molar refractivity (Wildman–Crippen MR) is 73.8 cm³/mol. The highest BCUT2D eigenvalue weighted by atomic mass is 16.5. The average molecular weight is 269 g/mol. The van der Waals surface area contributed by atoms with E-state index in [0.29, 0.717) is 30.9 Å². The van der Waals surface area contributed by atoms with Crippen LogP contribution < -0.4 is 5.32 Å². The lowest BCUT2D eigenvalue weighted by molar-refractivity contribution is -0.123. The van der Waals surface area contributed by atoms with E-state index in [1.54, 1.807) is 0 Å². The summed E-state index contributed by atoms with van der Waals surface area (Å²) in [5.41, 5.74) is 0. The minimum absolute atomic E-state index is 0.220. The third-order valence-electron chi connectivity index (χ3n) is 4.56. The third-order valence-corrected chi connectivity index (χ3v) is 4.56. The second kappa shape index (κ2) is 7.85. The minimum Gasteiger partial charge on any atom is -0.396 e. The Morgan fingerprint density at radius 1 is 1.05 bits per heavy atom. The summed E-state index contributed by atoms with van der Waals surface area (Å²) in [6, 6.07) is 0.363. The summed E-state index contributed by atoms with van der Waals surface area (Å²) in [5, 5.41) is 12.1. The average Bonchev–Trinajstić information content (AvgIpc) is 2.42. The van der Waals surface area contributed by atoms with Crippen LogP contribution in [0.4, 0.5) is 0 Å². The Kier molecular flexibility index (Phi) is 6.11. The number of aliphatic hydroxyl groups is 1. The fourth-order valence-electron chi connectivity index (χ4n) is 3.28. The van der Waals surface area contributed by atoms with Gasteiger partial charge in [0, 0.05) is 32.3 Å². The summed E-state index contributed by atoms with van der Waals surface area (Å²) in [6.45, 7) is 1.92. The molecule has 0 aromatic carbocycles. The second-order valence-electron chi connectivity index (χ2n) is 6.06. The molecule has 4 heteroatoms. The molecule has 2 rings (SSSR count). The Labute approximate surface area is 115 Å². The molecule has 0 spiro atoms. The van der Waals surface area contributed by atoms with Crippen molar-refractivity contribution >= 4 is 5.91 Å². The van der Waals surface area contributed by atoms with Crippen LogP contribution >= 0.6 is 0 Å². The lowest BCUT2D eigenvalue weighted by atomic mass is 9.84. The standard InChI is InChI=1S/C15H27NO3/c17-8-5-12-1-3-14(4-2-12)16-15(18)11-13-6-9-19-10-7-13/h12-14,17H,1-11H2,(H,16,18). The summed E-state index contributed by atoms with van der Waals surface area (Å²) in [7, 11) is 0. The van der Waals surface area contributed by atoms with Gasteiger partial charge in [-0.1, -0.05) is 0 Å². The molecule has 1 heterocycles.